The van der Waals surface area contributed by atoms with Gasteiger partial charge >= 0.3 is 6.18 Å². The van der Waals surface area contributed by atoms with Gasteiger partial charge in [0.1, 0.15) is 0 Å². The Bertz CT molecular complexity index is 644. The van der Waals surface area contributed by atoms with Crippen LogP contribution in [0.5, 0.6) is 0 Å². The summed E-state index contributed by atoms with van der Waals surface area (Å²) < 4.78 is 38.4. The van der Waals surface area contributed by atoms with Gasteiger partial charge in [-0.25, -0.2) is 4.99 Å². The number of piperidine rings is 1. The van der Waals surface area contributed by atoms with Crippen LogP contribution in [-0.4, -0.2) is 29.9 Å². The highest BCUT2D eigenvalue weighted by molar-refractivity contribution is 6.31. The van der Waals surface area contributed by atoms with Gasteiger partial charge in [0.25, 0.3) is 0 Å². The lowest BCUT2D eigenvalue weighted by atomic mass is 10.1. The zero-order valence-electron chi connectivity index (χ0n) is 13.8. The standard InChI is InChI=1S/C15H19ClF3N5.2ClH/c16-12-5-4-10(8-11(12)15(17,18)19)9-22-13(20)23-14(21)24-6-2-1-3-7-24;;/h4-5,8H,1-3,6-7,9H2,(H4,20,21,22,23);2*1H. The Morgan fingerprint density at radius 3 is 2.31 bits per heavy atom. The second-order valence-corrected chi connectivity index (χ2v) is 5.91. The van der Waals surface area contributed by atoms with Crippen LogP contribution in [0.2, 0.25) is 5.02 Å². The average Bonchev–Trinajstić information content (AvgIpc) is 2.53. The maximum Gasteiger partial charge on any atom is 0.417 e. The number of likely N-dealkylation sites (tertiary alicyclic amines) is 1. The molecular weight excluding hydrogens is 414 g/mol. The quantitative estimate of drug-likeness (QED) is 0.548. The van der Waals surface area contributed by atoms with Crippen LogP contribution in [0.1, 0.15) is 30.4 Å². The number of rotatable bonds is 2. The molecule has 148 valence electrons. The van der Waals surface area contributed by atoms with Crippen LogP contribution in [0.15, 0.2) is 28.2 Å². The molecule has 0 atom stereocenters. The Kier molecular flexibility index (Phi) is 10.1. The molecule has 0 aliphatic carbocycles. The molecule has 1 aromatic rings. The van der Waals surface area contributed by atoms with Crippen molar-refractivity contribution in [3.8, 4) is 0 Å². The van der Waals surface area contributed by atoms with Crippen molar-refractivity contribution < 1.29 is 13.2 Å². The molecule has 0 unspecified atom stereocenters. The van der Waals surface area contributed by atoms with Crippen molar-refractivity contribution in [1.82, 2.24) is 4.90 Å². The fourth-order valence-corrected chi connectivity index (χ4v) is 2.63. The molecule has 1 heterocycles. The van der Waals surface area contributed by atoms with Crippen molar-refractivity contribution in [1.29, 1.82) is 0 Å². The van der Waals surface area contributed by atoms with Crippen molar-refractivity contribution in [2.24, 2.45) is 21.5 Å². The Morgan fingerprint density at radius 1 is 1.12 bits per heavy atom. The van der Waals surface area contributed by atoms with E-state index in [1.165, 1.54) is 12.1 Å². The third kappa shape index (κ3) is 7.09. The first kappa shape index (κ1) is 24.6. The van der Waals surface area contributed by atoms with Crippen molar-refractivity contribution >= 4 is 48.3 Å². The molecule has 1 aromatic carbocycles. The van der Waals surface area contributed by atoms with E-state index in [-0.39, 0.29) is 48.3 Å². The summed E-state index contributed by atoms with van der Waals surface area (Å²) in [6.07, 6.45) is -1.28. The Morgan fingerprint density at radius 2 is 1.73 bits per heavy atom. The van der Waals surface area contributed by atoms with Crippen LogP contribution < -0.4 is 11.5 Å². The van der Waals surface area contributed by atoms with Crippen LogP contribution in [0, 0.1) is 0 Å². The van der Waals surface area contributed by atoms with E-state index < -0.39 is 11.7 Å². The van der Waals surface area contributed by atoms with Gasteiger partial charge in [-0.3, -0.25) is 0 Å². The second kappa shape index (κ2) is 10.7. The highest BCUT2D eigenvalue weighted by Gasteiger charge is 2.33. The molecule has 11 heteroatoms. The summed E-state index contributed by atoms with van der Waals surface area (Å²) in [7, 11) is 0. The highest BCUT2D eigenvalue weighted by Crippen LogP contribution is 2.35. The first-order chi connectivity index (χ1) is 11.3. The molecule has 1 fully saturated rings. The first-order valence-corrected chi connectivity index (χ1v) is 7.90. The Hall–Kier alpha value is -1.38. The predicted molar refractivity (Wildman–Crippen MR) is 103 cm³/mol. The van der Waals surface area contributed by atoms with Gasteiger partial charge in [-0.1, -0.05) is 17.7 Å². The Balaban J connectivity index is 0.00000312. The second-order valence-electron chi connectivity index (χ2n) is 5.50. The zero-order valence-corrected chi connectivity index (χ0v) is 16.2. The monoisotopic (exact) mass is 433 g/mol. The van der Waals surface area contributed by atoms with E-state index in [0.717, 1.165) is 38.4 Å². The van der Waals surface area contributed by atoms with Crippen LogP contribution >= 0.6 is 36.4 Å². The minimum absolute atomic E-state index is 0. The van der Waals surface area contributed by atoms with Crippen LogP contribution in [0.3, 0.4) is 0 Å². The molecule has 1 saturated heterocycles. The van der Waals surface area contributed by atoms with Crippen molar-refractivity contribution in [3.05, 3.63) is 34.3 Å². The summed E-state index contributed by atoms with van der Waals surface area (Å²) in [5, 5.41) is -0.351. The molecule has 1 aliphatic rings. The maximum atomic E-state index is 12.8. The van der Waals surface area contributed by atoms with Gasteiger partial charge < -0.3 is 16.4 Å². The molecule has 0 saturated carbocycles. The fourth-order valence-electron chi connectivity index (χ4n) is 2.41. The largest absolute Gasteiger partial charge is 0.417 e. The van der Waals surface area contributed by atoms with Crippen molar-refractivity contribution in [3.63, 3.8) is 0 Å². The van der Waals surface area contributed by atoms with Crippen LogP contribution in [0.4, 0.5) is 13.2 Å². The van der Waals surface area contributed by atoms with E-state index in [9.17, 15) is 13.2 Å². The number of aliphatic imine (C=N–C) groups is 2. The predicted octanol–water partition coefficient (Wildman–Crippen LogP) is 3.82. The molecule has 0 spiro atoms. The highest BCUT2D eigenvalue weighted by atomic mass is 35.5. The number of halogens is 6. The van der Waals surface area contributed by atoms with E-state index in [2.05, 4.69) is 9.98 Å². The third-order valence-electron chi connectivity index (χ3n) is 3.67. The van der Waals surface area contributed by atoms with Gasteiger partial charge in [0, 0.05) is 13.1 Å². The summed E-state index contributed by atoms with van der Waals surface area (Å²) in [5.41, 5.74) is 11.0. The average molecular weight is 435 g/mol. The molecule has 1 aliphatic heterocycles. The molecule has 26 heavy (non-hydrogen) atoms. The van der Waals surface area contributed by atoms with Gasteiger partial charge in [-0.15, -0.1) is 24.8 Å². The van der Waals surface area contributed by atoms with E-state index >= 15 is 0 Å². The third-order valence-corrected chi connectivity index (χ3v) is 4.00. The molecule has 0 bridgehead atoms. The molecule has 0 amide bonds. The molecular formula is C15H21Cl3F3N5. The lowest BCUT2D eigenvalue weighted by Crippen LogP contribution is -2.41. The summed E-state index contributed by atoms with van der Waals surface area (Å²) in [6, 6.07) is 3.61. The molecule has 0 radical (unpaired) electrons. The smallest absolute Gasteiger partial charge is 0.369 e. The molecule has 0 aromatic heterocycles. The SMILES string of the molecule is Cl.Cl.NC(=NCc1ccc(Cl)c(C(F)(F)F)c1)/N=C(/N)N1CCCCC1. The molecule has 5 nitrogen and oxygen atoms in total. The summed E-state index contributed by atoms with van der Waals surface area (Å²) in [4.78, 5) is 9.89. The van der Waals surface area contributed by atoms with Gasteiger partial charge in [-0.05, 0) is 37.0 Å². The number of nitrogens with two attached hydrogens (primary N) is 2. The van der Waals surface area contributed by atoms with Gasteiger partial charge in [-0.2, -0.15) is 18.2 Å². The first-order valence-electron chi connectivity index (χ1n) is 7.52. The van der Waals surface area contributed by atoms with E-state index in [0.29, 0.717) is 5.56 Å². The molecule has 4 N–H and O–H groups in total. The van der Waals surface area contributed by atoms with Crippen LogP contribution in [-0.2, 0) is 12.7 Å². The number of hydrogen-bond acceptors (Lipinski definition) is 1. The summed E-state index contributed by atoms with van der Waals surface area (Å²) in [6.45, 7) is 1.59. The fraction of sp³-hybridized carbons (Fsp3) is 0.467. The van der Waals surface area contributed by atoms with Gasteiger partial charge in [0.15, 0.2) is 5.96 Å². The zero-order chi connectivity index (χ0) is 17.7. The number of hydrogen-bond donors (Lipinski definition) is 2. The van der Waals surface area contributed by atoms with E-state index in [1.807, 2.05) is 4.90 Å². The normalized spacial score (nSPS) is 15.9. The number of guanidine groups is 2. The number of benzene rings is 1. The molecule has 2 rings (SSSR count). The van der Waals surface area contributed by atoms with Crippen molar-refractivity contribution in [2.75, 3.05) is 13.1 Å². The number of nitrogens with zero attached hydrogens (tertiary/aromatic N) is 3. The Labute approximate surface area is 167 Å². The number of alkyl halides is 3. The minimum atomic E-state index is -4.51. The lowest BCUT2D eigenvalue weighted by molar-refractivity contribution is -0.137. The van der Waals surface area contributed by atoms with Gasteiger partial charge in [0.2, 0.25) is 5.96 Å². The lowest BCUT2D eigenvalue weighted by Gasteiger charge is -2.27. The minimum Gasteiger partial charge on any atom is -0.369 e. The van der Waals surface area contributed by atoms with E-state index in [4.69, 9.17) is 23.1 Å². The summed E-state index contributed by atoms with van der Waals surface area (Å²) >= 11 is 5.57. The van der Waals surface area contributed by atoms with Gasteiger partial charge in [0.05, 0.1) is 17.1 Å². The van der Waals surface area contributed by atoms with Crippen molar-refractivity contribution in [2.45, 2.75) is 32.0 Å². The topological polar surface area (TPSA) is 80.0 Å². The van der Waals surface area contributed by atoms with E-state index in [1.54, 1.807) is 0 Å². The van der Waals surface area contributed by atoms with Crippen LogP contribution in [0.25, 0.3) is 0 Å². The summed E-state index contributed by atoms with van der Waals surface area (Å²) in [5.74, 6) is 0.213. The maximum absolute atomic E-state index is 12.8.